The zero-order valence-corrected chi connectivity index (χ0v) is 13.0. The Balaban J connectivity index is 1.96. The lowest BCUT2D eigenvalue weighted by Gasteiger charge is -2.23. The Bertz CT molecular complexity index is 476. The van der Waals surface area contributed by atoms with Crippen molar-refractivity contribution in [1.29, 1.82) is 0 Å². The maximum Gasteiger partial charge on any atom is 0.226 e. The fourth-order valence-electron chi connectivity index (χ4n) is 1.92. The minimum Gasteiger partial charge on any atom is -0.378 e. The highest BCUT2D eigenvalue weighted by atomic mass is 79.9. The molecular weight excluding hydrogens is 332 g/mol. The summed E-state index contributed by atoms with van der Waals surface area (Å²) in [4.78, 5) is 12.0. The smallest absolute Gasteiger partial charge is 0.226 e. The van der Waals surface area contributed by atoms with Crippen molar-refractivity contribution in [2.45, 2.75) is 19.4 Å². The van der Waals surface area contributed by atoms with Crippen LogP contribution in [0.25, 0.3) is 0 Å². The van der Waals surface area contributed by atoms with Crippen LogP contribution in [0.5, 0.6) is 0 Å². The Morgan fingerprint density at radius 2 is 2.42 bits per heavy atom. The average Bonchev–Trinajstić information content (AvgIpc) is 2.37. The van der Waals surface area contributed by atoms with E-state index in [0.29, 0.717) is 30.3 Å². The lowest BCUT2D eigenvalue weighted by Crippen LogP contribution is -2.43. The fraction of sp³-hybridized carbons (Fsp3) is 0.462. The van der Waals surface area contributed by atoms with Gasteiger partial charge in [0.05, 0.1) is 18.9 Å². The number of ether oxygens (including phenoxy) is 1. The first kappa shape index (κ1) is 14.8. The van der Waals surface area contributed by atoms with Gasteiger partial charge in [0.2, 0.25) is 5.91 Å². The summed E-state index contributed by atoms with van der Waals surface area (Å²) in [6, 6.07) is 3.72. The second kappa shape index (κ2) is 6.70. The molecule has 19 heavy (non-hydrogen) atoms. The Labute approximate surface area is 126 Å². The maximum atomic E-state index is 12.0. The molecule has 0 bridgehead atoms. The molecule has 1 aliphatic heterocycles. The van der Waals surface area contributed by atoms with Crippen LogP contribution in [0.3, 0.4) is 0 Å². The number of carbonyl (C=O) groups excluding carboxylic acids is 1. The zero-order valence-electron chi connectivity index (χ0n) is 10.6. The van der Waals surface area contributed by atoms with Crippen LogP contribution in [0.15, 0.2) is 16.6 Å². The van der Waals surface area contributed by atoms with E-state index in [-0.39, 0.29) is 11.9 Å². The molecule has 0 radical (unpaired) electrons. The third-order valence-corrected chi connectivity index (χ3v) is 4.02. The molecule has 1 aromatic carbocycles. The molecule has 4 nitrogen and oxygen atoms in total. The quantitative estimate of drug-likeness (QED) is 0.884. The van der Waals surface area contributed by atoms with Gasteiger partial charge in [0.15, 0.2) is 0 Å². The average molecular weight is 348 g/mol. The summed E-state index contributed by atoms with van der Waals surface area (Å²) in [5.41, 5.74) is 1.66. The Kier molecular flexibility index (Phi) is 5.21. The summed E-state index contributed by atoms with van der Waals surface area (Å²) in [7, 11) is 0. The van der Waals surface area contributed by atoms with Crippen molar-refractivity contribution in [3.05, 3.63) is 27.2 Å². The fourth-order valence-corrected chi connectivity index (χ4v) is 2.64. The van der Waals surface area contributed by atoms with Crippen LogP contribution in [-0.4, -0.2) is 31.7 Å². The van der Waals surface area contributed by atoms with Crippen LogP contribution in [0.2, 0.25) is 5.02 Å². The second-order valence-corrected chi connectivity index (χ2v) is 5.82. The van der Waals surface area contributed by atoms with Gasteiger partial charge in [-0.05, 0) is 40.5 Å². The van der Waals surface area contributed by atoms with Gasteiger partial charge >= 0.3 is 0 Å². The lowest BCUT2D eigenvalue weighted by molar-refractivity contribution is -0.117. The van der Waals surface area contributed by atoms with E-state index in [9.17, 15) is 4.79 Å². The number of halogens is 2. The highest BCUT2D eigenvalue weighted by molar-refractivity contribution is 9.10. The summed E-state index contributed by atoms with van der Waals surface area (Å²) < 4.78 is 6.15. The zero-order chi connectivity index (χ0) is 13.8. The predicted molar refractivity (Wildman–Crippen MR) is 79.7 cm³/mol. The maximum absolute atomic E-state index is 12.0. The van der Waals surface area contributed by atoms with E-state index in [0.717, 1.165) is 16.6 Å². The molecule has 1 aromatic rings. The molecule has 1 aliphatic rings. The van der Waals surface area contributed by atoms with Crippen molar-refractivity contribution in [1.82, 2.24) is 5.32 Å². The molecule has 1 saturated heterocycles. The first-order valence-corrected chi connectivity index (χ1v) is 7.30. The number of benzene rings is 1. The van der Waals surface area contributed by atoms with Crippen LogP contribution >= 0.6 is 27.5 Å². The van der Waals surface area contributed by atoms with Crippen LogP contribution in [0, 0.1) is 6.92 Å². The van der Waals surface area contributed by atoms with Gasteiger partial charge in [-0.25, -0.2) is 0 Å². The molecule has 1 heterocycles. The highest BCUT2D eigenvalue weighted by Gasteiger charge is 2.17. The van der Waals surface area contributed by atoms with Crippen LogP contribution in [0.1, 0.15) is 12.0 Å². The van der Waals surface area contributed by atoms with Gasteiger partial charge < -0.3 is 15.4 Å². The monoisotopic (exact) mass is 346 g/mol. The molecule has 104 valence electrons. The van der Waals surface area contributed by atoms with Gasteiger partial charge in [-0.15, -0.1) is 0 Å². The van der Waals surface area contributed by atoms with Crippen LogP contribution in [0.4, 0.5) is 5.69 Å². The van der Waals surface area contributed by atoms with E-state index in [2.05, 4.69) is 26.6 Å². The van der Waals surface area contributed by atoms with E-state index in [1.807, 2.05) is 13.0 Å². The summed E-state index contributed by atoms with van der Waals surface area (Å²) >= 11 is 9.48. The van der Waals surface area contributed by atoms with E-state index >= 15 is 0 Å². The first-order chi connectivity index (χ1) is 9.06. The number of aryl methyl sites for hydroxylation is 1. The molecule has 1 fully saturated rings. The SMILES string of the molecule is Cc1cc(Br)c(NC(=O)CC2COCCN2)cc1Cl. The van der Waals surface area contributed by atoms with E-state index < -0.39 is 0 Å². The predicted octanol–water partition coefficient (Wildman–Crippen LogP) is 2.73. The van der Waals surface area contributed by atoms with Gasteiger partial charge in [-0.3, -0.25) is 4.79 Å². The van der Waals surface area contributed by atoms with Gasteiger partial charge in [0.1, 0.15) is 0 Å². The van der Waals surface area contributed by atoms with E-state index in [1.165, 1.54) is 0 Å². The Morgan fingerprint density at radius 3 is 3.11 bits per heavy atom. The summed E-state index contributed by atoms with van der Waals surface area (Å²) in [6.07, 6.45) is 0.387. The molecule has 2 rings (SSSR count). The minimum absolute atomic E-state index is 0.0522. The summed E-state index contributed by atoms with van der Waals surface area (Å²) in [5.74, 6) is -0.0522. The second-order valence-electron chi connectivity index (χ2n) is 4.56. The van der Waals surface area contributed by atoms with Crippen molar-refractivity contribution < 1.29 is 9.53 Å². The molecule has 0 aromatic heterocycles. The number of morpholine rings is 1. The topological polar surface area (TPSA) is 50.4 Å². The van der Waals surface area contributed by atoms with Crippen molar-refractivity contribution in [3.63, 3.8) is 0 Å². The third-order valence-electron chi connectivity index (χ3n) is 2.95. The van der Waals surface area contributed by atoms with Gasteiger partial charge in [0, 0.05) is 28.5 Å². The third kappa shape index (κ3) is 4.18. The van der Waals surface area contributed by atoms with E-state index in [4.69, 9.17) is 16.3 Å². The van der Waals surface area contributed by atoms with Gasteiger partial charge in [0.25, 0.3) is 0 Å². The molecule has 1 amide bonds. The van der Waals surface area contributed by atoms with Crippen LogP contribution < -0.4 is 10.6 Å². The van der Waals surface area contributed by atoms with Gasteiger partial charge in [-0.2, -0.15) is 0 Å². The lowest BCUT2D eigenvalue weighted by atomic mass is 10.1. The molecule has 0 spiro atoms. The Morgan fingerprint density at radius 1 is 1.63 bits per heavy atom. The largest absolute Gasteiger partial charge is 0.378 e. The normalized spacial score (nSPS) is 19.2. The van der Waals surface area contributed by atoms with Crippen molar-refractivity contribution in [2.75, 3.05) is 25.1 Å². The molecule has 6 heteroatoms. The van der Waals surface area contributed by atoms with Crippen molar-refractivity contribution >= 4 is 39.1 Å². The number of amides is 1. The number of carbonyl (C=O) groups is 1. The molecule has 0 saturated carbocycles. The number of anilines is 1. The number of nitrogens with one attached hydrogen (secondary N) is 2. The number of hydrogen-bond donors (Lipinski definition) is 2. The van der Waals surface area contributed by atoms with Crippen molar-refractivity contribution in [3.8, 4) is 0 Å². The summed E-state index contributed by atoms with van der Waals surface area (Å²) in [5, 5.41) is 6.74. The Hall–Kier alpha value is -0.620. The van der Waals surface area contributed by atoms with Crippen LogP contribution in [-0.2, 0) is 9.53 Å². The molecule has 1 unspecified atom stereocenters. The highest BCUT2D eigenvalue weighted by Crippen LogP contribution is 2.29. The molecule has 1 atom stereocenters. The van der Waals surface area contributed by atoms with Crippen molar-refractivity contribution in [2.24, 2.45) is 0 Å². The van der Waals surface area contributed by atoms with E-state index in [1.54, 1.807) is 6.07 Å². The molecular formula is C13H16BrClN2O2. The minimum atomic E-state index is -0.0522. The van der Waals surface area contributed by atoms with Gasteiger partial charge in [-0.1, -0.05) is 11.6 Å². The standard InChI is InChI=1S/C13H16BrClN2O2/c1-8-4-10(14)12(6-11(8)15)17-13(18)5-9-7-19-3-2-16-9/h4,6,9,16H,2-3,5,7H2,1H3,(H,17,18). The first-order valence-electron chi connectivity index (χ1n) is 6.13. The number of hydrogen-bond acceptors (Lipinski definition) is 3. The molecule has 0 aliphatic carbocycles. The summed E-state index contributed by atoms with van der Waals surface area (Å²) in [6.45, 7) is 3.99. The number of rotatable bonds is 3. The molecule has 2 N–H and O–H groups in total.